The van der Waals surface area contributed by atoms with Gasteiger partial charge < -0.3 is 19.1 Å². The van der Waals surface area contributed by atoms with Gasteiger partial charge in [-0.05, 0) is 24.3 Å². The summed E-state index contributed by atoms with van der Waals surface area (Å²) < 4.78 is 78.4. The molecule has 0 fully saturated rings. The summed E-state index contributed by atoms with van der Waals surface area (Å²) in [5, 5.41) is 18.6. The number of hydrogen-bond donors (Lipinski definition) is 1. The predicted molar refractivity (Wildman–Crippen MR) is 108 cm³/mol. The minimum Gasteiger partial charge on any atom is -0.505 e. The van der Waals surface area contributed by atoms with E-state index in [1.807, 2.05) is 0 Å². The zero-order valence-electron chi connectivity index (χ0n) is 17.0. The van der Waals surface area contributed by atoms with Gasteiger partial charge in [0.1, 0.15) is 11.6 Å². The average Bonchev–Trinajstić information content (AvgIpc) is 2.77. The summed E-state index contributed by atoms with van der Waals surface area (Å²) in [5.74, 6) is -2.67. The van der Waals surface area contributed by atoms with Gasteiger partial charge in [-0.1, -0.05) is 11.6 Å². The third-order valence-corrected chi connectivity index (χ3v) is 4.82. The van der Waals surface area contributed by atoms with Crippen LogP contribution in [0.1, 0.15) is 28.8 Å². The van der Waals surface area contributed by atoms with Crippen LogP contribution in [0.5, 0.6) is 23.0 Å². The summed E-state index contributed by atoms with van der Waals surface area (Å²) in [6, 6.07) is 4.84. The summed E-state index contributed by atoms with van der Waals surface area (Å²) in [6.07, 6.45) is -6.29. The quantitative estimate of drug-likeness (QED) is 0.462. The lowest BCUT2D eigenvalue weighted by atomic mass is 10.1. The highest BCUT2D eigenvalue weighted by Crippen LogP contribution is 2.41. The summed E-state index contributed by atoms with van der Waals surface area (Å²) in [7, 11) is 1.05. The number of rotatable bonds is 6. The minimum atomic E-state index is -5.04. The molecular weight excluding hydrogens is 489 g/mol. The van der Waals surface area contributed by atoms with Crippen molar-refractivity contribution in [2.24, 2.45) is 0 Å². The topological polar surface area (TPSA) is 97.4 Å². The standard InChI is InChI=1S/C21H13ClF5N3O4/c1-33-17-11(7-28)4-10(19(23)24)5-16(17)34-18-13(21(25,26)27)2-3-30(20(18)32)9-12-6-14(22)15(31)8-29-12/h2-6,8,19,31H,9H2,1H3. The van der Waals surface area contributed by atoms with Crippen LogP contribution in [0.3, 0.4) is 0 Å². The molecule has 1 N–H and O–H groups in total. The fourth-order valence-corrected chi connectivity index (χ4v) is 3.13. The van der Waals surface area contributed by atoms with E-state index >= 15 is 0 Å². The molecule has 13 heteroatoms. The molecule has 178 valence electrons. The van der Waals surface area contributed by atoms with E-state index < -0.39 is 52.1 Å². The molecule has 0 aliphatic rings. The van der Waals surface area contributed by atoms with Gasteiger partial charge in [0.2, 0.25) is 5.75 Å². The first-order valence-corrected chi connectivity index (χ1v) is 9.56. The van der Waals surface area contributed by atoms with Crippen LogP contribution in [0.2, 0.25) is 5.02 Å². The lowest BCUT2D eigenvalue weighted by molar-refractivity contribution is -0.138. The number of alkyl halides is 5. The van der Waals surface area contributed by atoms with Crippen molar-refractivity contribution in [2.75, 3.05) is 7.11 Å². The van der Waals surface area contributed by atoms with Gasteiger partial charge in [0.25, 0.3) is 12.0 Å². The molecule has 1 aromatic carbocycles. The Labute approximate surface area is 193 Å². The molecule has 3 aromatic rings. The van der Waals surface area contributed by atoms with Crippen LogP contribution in [0.25, 0.3) is 0 Å². The zero-order valence-corrected chi connectivity index (χ0v) is 17.8. The molecule has 0 spiro atoms. The number of halogens is 6. The zero-order chi connectivity index (χ0) is 25.2. The molecule has 0 atom stereocenters. The van der Waals surface area contributed by atoms with Crippen molar-refractivity contribution in [2.45, 2.75) is 19.1 Å². The van der Waals surface area contributed by atoms with Crippen molar-refractivity contribution in [3.63, 3.8) is 0 Å². The van der Waals surface area contributed by atoms with Crippen molar-refractivity contribution in [1.29, 1.82) is 5.26 Å². The summed E-state index contributed by atoms with van der Waals surface area (Å²) in [6.45, 7) is -0.356. The van der Waals surface area contributed by atoms with E-state index in [1.54, 1.807) is 6.07 Å². The number of hydrogen-bond acceptors (Lipinski definition) is 6. The number of nitriles is 1. The van der Waals surface area contributed by atoms with Gasteiger partial charge in [-0.2, -0.15) is 18.4 Å². The molecule has 3 rings (SSSR count). The van der Waals surface area contributed by atoms with Gasteiger partial charge in [0.05, 0.1) is 36.1 Å². The highest BCUT2D eigenvalue weighted by Gasteiger charge is 2.37. The first-order valence-electron chi connectivity index (χ1n) is 9.18. The van der Waals surface area contributed by atoms with Crippen LogP contribution in [-0.2, 0) is 12.7 Å². The highest BCUT2D eigenvalue weighted by atomic mass is 35.5. The van der Waals surface area contributed by atoms with Crippen LogP contribution in [-0.4, -0.2) is 21.8 Å². The largest absolute Gasteiger partial charge is 0.505 e. The SMILES string of the molecule is COc1c(C#N)cc(C(F)F)cc1Oc1c(C(F)(F)F)ccn(Cc2cc(Cl)c(O)cn2)c1=O. The fraction of sp³-hybridized carbons (Fsp3) is 0.190. The van der Waals surface area contributed by atoms with E-state index in [4.69, 9.17) is 21.1 Å². The predicted octanol–water partition coefficient (Wildman–Crippen LogP) is 5.28. The Morgan fingerprint density at radius 2 is 1.97 bits per heavy atom. The normalized spacial score (nSPS) is 11.4. The number of ether oxygens (including phenoxy) is 2. The number of aromatic nitrogens is 2. The Balaban J connectivity index is 2.18. The van der Waals surface area contributed by atoms with Gasteiger partial charge in [-0.25, -0.2) is 8.78 Å². The average molecular weight is 502 g/mol. The molecule has 0 saturated heterocycles. The Hall–Kier alpha value is -3.85. The van der Waals surface area contributed by atoms with Gasteiger partial charge in [-0.3, -0.25) is 9.78 Å². The number of nitrogens with zero attached hydrogens (tertiary/aromatic N) is 3. The molecule has 0 aliphatic heterocycles. The Morgan fingerprint density at radius 3 is 2.53 bits per heavy atom. The molecule has 2 heterocycles. The molecule has 0 unspecified atom stereocenters. The van der Waals surface area contributed by atoms with E-state index in [0.29, 0.717) is 12.1 Å². The van der Waals surface area contributed by atoms with Crippen LogP contribution in [0.15, 0.2) is 41.5 Å². The van der Waals surface area contributed by atoms with Crippen LogP contribution < -0.4 is 15.0 Å². The molecule has 0 bridgehead atoms. The van der Waals surface area contributed by atoms with Gasteiger partial charge in [-0.15, -0.1) is 0 Å². The van der Waals surface area contributed by atoms with E-state index in [9.17, 15) is 37.1 Å². The van der Waals surface area contributed by atoms with Crippen LogP contribution in [0, 0.1) is 11.3 Å². The summed E-state index contributed by atoms with van der Waals surface area (Å²) in [4.78, 5) is 16.8. The maximum absolute atomic E-state index is 13.6. The smallest absolute Gasteiger partial charge is 0.420 e. The van der Waals surface area contributed by atoms with Crippen molar-refractivity contribution in [1.82, 2.24) is 9.55 Å². The molecule has 0 amide bonds. The number of methoxy groups -OCH3 is 1. The molecule has 0 aliphatic carbocycles. The third kappa shape index (κ3) is 5.04. The molecule has 34 heavy (non-hydrogen) atoms. The summed E-state index contributed by atoms with van der Waals surface area (Å²) >= 11 is 5.79. The third-order valence-electron chi connectivity index (χ3n) is 4.52. The first kappa shape index (κ1) is 24.8. The number of benzene rings is 1. The fourth-order valence-electron chi connectivity index (χ4n) is 2.95. The lowest BCUT2D eigenvalue weighted by Gasteiger charge is -2.18. The van der Waals surface area contributed by atoms with Crippen molar-refractivity contribution in [3.05, 3.63) is 74.4 Å². The second-order valence-corrected chi connectivity index (χ2v) is 7.14. The van der Waals surface area contributed by atoms with E-state index in [1.165, 1.54) is 6.07 Å². The van der Waals surface area contributed by atoms with Crippen LogP contribution >= 0.6 is 11.6 Å². The number of pyridine rings is 2. The Morgan fingerprint density at radius 1 is 1.26 bits per heavy atom. The Kier molecular flexibility index (Phi) is 6.97. The van der Waals surface area contributed by atoms with E-state index in [0.717, 1.165) is 30.1 Å². The maximum Gasteiger partial charge on any atom is 0.420 e. The second-order valence-electron chi connectivity index (χ2n) is 6.73. The van der Waals surface area contributed by atoms with Gasteiger partial charge >= 0.3 is 6.18 Å². The molecule has 0 radical (unpaired) electrons. The van der Waals surface area contributed by atoms with E-state index in [2.05, 4.69) is 4.98 Å². The first-order chi connectivity index (χ1) is 16.0. The minimum absolute atomic E-state index is 0.0981. The summed E-state index contributed by atoms with van der Waals surface area (Å²) in [5.41, 5.74) is -3.78. The lowest BCUT2D eigenvalue weighted by Crippen LogP contribution is -2.25. The molecular formula is C21H13ClF5N3O4. The second kappa shape index (κ2) is 9.56. The van der Waals surface area contributed by atoms with Crippen molar-refractivity contribution in [3.8, 4) is 29.1 Å². The number of aromatic hydroxyl groups is 1. The highest BCUT2D eigenvalue weighted by molar-refractivity contribution is 6.31. The molecule has 7 nitrogen and oxygen atoms in total. The van der Waals surface area contributed by atoms with Crippen molar-refractivity contribution >= 4 is 11.6 Å². The van der Waals surface area contributed by atoms with Crippen molar-refractivity contribution < 1.29 is 36.5 Å². The maximum atomic E-state index is 13.6. The molecule has 0 saturated carbocycles. The Bertz CT molecular complexity index is 1340. The van der Waals surface area contributed by atoms with E-state index in [-0.39, 0.29) is 23.0 Å². The monoisotopic (exact) mass is 501 g/mol. The molecule has 2 aromatic heterocycles. The van der Waals surface area contributed by atoms with Gasteiger partial charge in [0.15, 0.2) is 17.2 Å². The van der Waals surface area contributed by atoms with Gasteiger partial charge in [0, 0.05) is 11.8 Å². The van der Waals surface area contributed by atoms with Crippen LogP contribution in [0.4, 0.5) is 22.0 Å².